The van der Waals surface area contributed by atoms with Crippen LogP contribution in [-0.4, -0.2) is 49.1 Å². The Balaban J connectivity index is 1.79. The molecule has 5 nitrogen and oxygen atoms in total. The van der Waals surface area contributed by atoms with Crippen LogP contribution >= 0.6 is 12.2 Å². The summed E-state index contributed by atoms with van der Waals surface area (Å²) in [5.41, 5.74) is 2.82. The van der Waals surface area contributed by atoms with E-state index in [-0.39, 0.29) is 5.91 Å². The van der Waals surface area contributed by atoms with Crippen LogP contribution in [0.25, 0.3) is 0 Å². The number of para-hydroxylation sites is 1. The van der Waals surface area contributed by atoms with Gasteiger partial charge < -0.3 is 19.5 Å². The van der Waals surface area contributed by atoms with Gasteiger partial charge in [-0.05, 0) is 23.8 Å². The summed E-state index contributed by atoms with van der Waals surface area (Å²) in [6, 6.07) is 11.8. The predicted octanol–water partition coefficient (Wildman–Crippen LogP) is 2.85. The maximum Gasteiger partial charge on any atom is 0.256 e. The van der Waals surface area contributed by atoms with E-state index in [2.05, 4.69) is 22.0 Å². The number of anilines is 1. The van der Waals surface area contributed by atoms with E-state index >= 15 is 0 Å². The molecule has 1 aliphatic heterocycles. The monoisotopic (exact) mass is 343 g/mol. The summed E-state index contributed by atoms with van der Waals surface area (Å²) in [4.78, 5) is 19.6. The zero-order chi connectivity index (χ0) is 16.9. The molecule has 0 saturated carbocycles. The molecule has 24 heavy (non-hydrogen) atoms. The Bertz CT molecular complexity index is 769. The number of benzene rings is 1. The van der Waals surface area contributed by atoms with E-state index < -0.39 is 0 Å². The number of carbonyl (C=O) groups excluding carboxylic acids is 1. The summed E-state index contributed by atoms with van der Waals surface area (Å²) in [5.74, 6) is -0.0753. The van der Waals surface area contributed by atoms with Gasteiger partial charge in [0.1, 0.15) is 4.64 Å². The highest BCUT2D eigenvalue weighted by molar-refractivity contribution is 7.71. The molecule has 1 fully saturated rings. The number of morpholine rings is 1. The van der Waals surface area contributed by atoms with Crippen LogP contribution in [0, 0.1) is 4.64 Å². The number of hydrogen-bond acceptors (Lipinski definition) is 4. The lowest BCUT2D eigenvalue weighted by Crippen LogP contribution is -2.37. The van der Waals surface area contributed by atoms with Gasteiger partial charge in [0.25, 0.3) is 5.91 Å². The standard InChI is InChI=1S/C18H21N3O2S/c1-20(18(22)15-6-4-8-19-17(15)24)13-14-5-2-3-7-16(14)21-9-11-23-12-10-21/h2-8H,9-13H2,1H3,(H,19,24). The molecule has 0 spiro atoms. The quantitative estimate of drug-likeness (QED) is 0.867. The smallest absolute Gasteiger partial charge is 0.256 e. The number of pyridine rings is 1. The number of amides is 1. The Morgan fingerprint density at radius 2 is 2.00 bits per heavy atom. The van der Waals surface area contributed by atoms with Crippen molar-refractivity contribution in [3.63, 3.8) is 0 Å². The average Bonchev–Trinajstić information content (AvgIpc) is 2.63. The first-order valence-electron chi connectivity index (χ1n) is 8.00. The summed E-state index contributed by atoms with van der Waals surface area (Å²) in [7, 11) is 1.81. The summed E-state index contributed by atoms with van der Waals surface area (Å²) in [5, 5.41) is 0. The van der Waals surface area contributed by atoms with Crippen LogP contribution in [0.2, 0.25) is 0 Å². The first-order valence-corrected chi connectivity index (χ1v) is 8.41. The molecule has 0 unspecified atom stereocenters. The second kappa shape index (κ2) is 7.59. The first-order chi connectivity index (χ1) is 11.7. The number of ether oxygens (including phenoxy) is 1. The molecular weight excluding hydrogens is 322 g/mol. The van der Waals surface area contributed by atoms with Gasteiger partial charge in [-0.25, -0.2) is 0 Å². The van der Waals surface area contributed by atoms with Crippen molar-refractivity contribution in [3.05, 3.63) is 58.4 Å². The van der Waals surface area contributed by atoms with Crippen LogP contribution in [0.3, 0.4) is 0 Å². The molecule has 1 amide bonds. The van der Waals surface area contributed by atoms with Crippen molar-refractivity contribution >= 4 is 23.8 Å². The van der Waals surface area contributed by atoms with Crippen molar-refractivity contribution in [2.45, 2.75) is 6.54 Å². The van der Waals surface area contributed by atoms with Crippen molar-refractivity contribution < 1.29 is 9.53 Å². The highest BCUT2D eigenvalue weighted by Crippen LogP contribution is 2.23. The average molecular weight is 343 g/mol. The Morgan fingerprint density at radius 1 is 1.25 bits per heavy atom. The summed E-state index contributed by atoms with van der Waals surface area (Å²) >= 11 is 5.22. The molecule has 6 heteroatoms. The third-order valence-electron chi connectivity index (χ3n) is 4.15. The van der Waals surface area contributed by atoms with Crippen molar-refractivity contribution in [1.82, 2.24) is 9.88 Å². The van der Waals surface area contributed by atoms with Crippen LogP contribution < -0.4 is 4.90 Å². The largest absolute Gasteiger partial charge is 0.378 e. The molecule has 0 radical (unpaired) electrons. The van der Waals surface area contributed by atoms with Crippen LogP contribution in [0.5, 0.6) is 0 Å². The highest BCUT2D eigenvalue weighted by atomic mass is 32.1. The molecule has 1 saturated heterocycles. The zero-order valence-electron chi connectivity index (χ0n) is 13.7. The predicted molar refractivity (Wildman–Crippen MR) is 96.9 cm³/mol. The summed E-state index contributed by atoms with van der Waals surface area (Å²) < 4.78 is 5.90. The van der Waals surface area contributed by atoms with Crippen LogP contribution in [-0.2, 0) is 11.3 Å². The van der Waals surface area contributed by atoms with E-state index in [0.717, 1.165) is 31.9 Å². The molecule has 0 atom stereocenters. The second-order valence-electron chi connectivity index (χ2n) is 5.80. The molecule has 0 aliphatic carbocycles. The van der Waals surface area contributed by atoms with Gasteiger partial charge in [0.05, 0.1) is 18.8 Å². The van der Waals surface area contributed by atoms with Gasteiger partial charge >= 0.3 is 0 Å². The molecule has 1 N–H and O–H groups in total. The molecule has 1 aromatic heterocycles. The number of aromatic nitrogens is 1. The molecule has 1 aromatic carbocycles. The van der Waals surface area contributed by atoms with E-state index in [0.29, 0.717) is 16.7 Å². The van der Waals surface area contributed by atoms with E-state index in [4.69, 9.17) is 17.0 Å². The van der Waals surface area contributed by atoms with Gasteiger partial charge in [-0.1, -0.05) is 30.4 Å². The van der Waals surface area contributed by atoms with Crippen molar-refractivity contribution in [1.29, 1.82) is 0 Å². The van der Waals surface area contributed by atoms with Gasteiger partial charge in [0, 0.05) is 38.6 Å². The Morgan fingerprint density at radius 3 is 2.75 bits per heavy atom. The molecule has 0 bridgehead atoms. The third kappa shape index (κ3) is 3.66. The molecule has 126 valence electrons. The Labute approximate surface area is 146 Å². The van der Waals surface area contributed by atoms with Gasteiger partial charge in [-0.15, -0.1) is 0 Å². The van der Waals surface area contributed by atoms with Gasteiger partial charge in [-0.3, -0.25) is 4.79 Å². The van der Waals surface area contributed by atoms with Crippen molar-refractivity contribution in [2.24, 2.45) is 0 Å². The SMILES string of the molecule is CN(Cc1ccccc1N1CCOCC1)C(=O)c1ccc[nH]c1=S. The van der Waals surface area contributed by atoms with Gasteiger partial charge in [0.2, 0.25) is 0 Å². The molecule has 1 aliphatic rings. The number of nitrogens with one attached hydrogen (secondary N) is 1. The number of carbonyl (C=O) groups is 1. The maximum atomic E-state index is 12.7. The van der Waals surface area contributed by atoms with Crippen LogP contribution in [0.1, 0.15) is 15.9 Å². The van der Waals surface area contributed by atoms with E-state index in [9.17, 15) is 4.79 Å². The van der Waals surface area contributed by atoms with Crippen LogP contribution in [0.15, 0.2) is 42.6 Å². The second-order valence-corrected chi connectivity index (χ2v) is 6.21. The fourth-order valence-corrected chi connectivity index (χ4v) is 3.10. The van der Waals surface area contributed by atoms with Crippen molar-refractivity contribution in [3.8, 4) is 0 Å². The summed E-state index contributed by atoms with van der Waals surface area (Å²) in [6.07, 6.45) is 1.73. The Kier molecular flexibility index (Phi) is 5.27. The summed E-state index contributed by atoms with van der Waals surface area (Å²) in [6.45, 7) is 3.76. The number of H-pyrrole nitrogens is 1. The van der Waals surface area contributed by atoms with Crippen LogP contribution in [0.4, 0.5) is 5.69 Å². The number of aromatic amines is 1. The lowest BCUT2D eigenvalue weighted by Gasteiger charge is -2.31. The lowest BCUT2D eigenvalue weighted by molar-refractivity contribution is 0.0784. The topological polar surface area (TPSA) is 48.6 Å². The normalized spacial score (nSPS) is 14.5. The maximum absolute atomic E-state index is 12.7. The fraction of sp³-hybridized carbons (Fsp3) is 0.333. The minimum atomic E-state index is -0.0753. The minimum absolute atomic E-state index is 0.0753. The number of rotatable bonds is 4. The fourth-order valence-electron chi connectivity index (χ4n) is 2.88. The van der Waals surface area contributed by atoms with E-state index in [1.165, 1.54) is 5.69 Å². The number of nitrogens with zero attached hydrogens (tertiary/aromatic N) is 2. The highest BCUT2D eigenvalue weighted by Gasteiger charge is 2.18. The Hall–Kier alpha value is -2.18. The molecular formula is C18H21N3O2S. The van der Waals surface area contributed by atoms with Gasteiger partial charge in [-0.2, -0.15) is 0 Å². The third-order valence-corrected chi connectivity index (χ3v) is 4.48. The van der Waals surface area contributed by atoms with E-state index in [1.54, 1.807) is 30.3 Å². The lowest BCUT2D eigenvalue weighted by atomic mass is 10.1. The first kappa shape index (κ1) is 16.7. The minimum Gasteiger partial charge on any atom is -0.378 e. The molecule has 2 heterocycles. The molecule has 3 rings (SSSR count). The van der Waals surface area contributed by atoms with Crippen molar-refractivity contribution in [2.75, 3.05) is 38.3 Å². The van der Waals surface area contributed by atoms with Gasteiger partial charge in [0.15, 0.2) is 0 Å². The van der Waals surface area contributed by atoms with E-state index in [1.807, 2.05) is 12.1 Å². The zero-order valence-corrected chi connectivity index (χ0v) is 14.5. The number of hydrogen-bond donors (Lipinski definition) is 1. The molecule has 2 aromatic rings.